The van der Waals surface area contributed by atoms with Crippen molar-refractivity contribution in [3.05, 3.63) is 60.2 Å². The highest BCUT2D eigenvalue weighted by Gasteiger charge is 2.41. The first-order valence-electron chi connectivity index (χ1n) is 8.96. The number of rotatable bonds is 9. The van der Waals surface area contributed by atoms with Gasteiger partial charge in [0.15, 0.2) is 0 Å². The first-order valence-corrected chi connectivity index (χ1v) is 10.6. The molecule has 0 saturated heterocycles. The standard InChI is InChI=1S/C20H21F3N2O4S/c21-20(22,23)17(11-13-30(28,29)25-12-10-18(24)19(26)27)16-8-6-15(7-9-16)14-4-2-1-3-5-14/h1-9,12,17-18H,10-11,13,24H2,(H,26,27)/t17?,18-/m0/s1. The molecule has 2 rings (SSSR count). The minimum Gasteiger partial charge on any atom is -0.480 e. The summed E-state index contributed by atoms with van der Waals surface area (Å²) in [5.74, 6) is -4.15. The van der Waals surface area contributed by atoms with Crippen molar-refractivity contribution in [2.45, 2.75) is 31.0 Å². The second-order valence-corrected chi connectivity index (χ2v) is 8.41. The molecule has 0 amide bonds. The maximum Gasteiger partial charge on any atom is 0.395 e. The molecule has 3 N–H and O–H groups in total. The number of hydrogen-bond acceptors (Lipinski definition) is 4. The van der Waals surface area contributed by atoms with Crippen molar-refractivity contribution in [2.75, 3.05) is 5.75 Å². The van der Waals surface area contributed by atoms with E-state index < -0.39 is 46.3 Å². The second kappa shape index (κ2) is 9.86. The number of carboxylic acid groups (broad SMARTS) is 1. The molecule has 6 nitrogen and oxygen atoms in total. The van der Waals surface area contributed by atoms with Crippen LogP contribution in [0, 0.1) is 0 Å². The molecule has 0 radical (unpaired) electrons. The summed E-state index contributed by atoms with van der Waals surface area (Å²) >= 11 is 0. The van der Waals surface area contributed by atoms with Gasteiger partial charge in [0.2, 0.25) is 0 Å². The maximum atomic E-state index is 13.5. The average Bonchev–Trinajstić information content (AvgIpc) is 2.68. The molecular weight excluding hydrogens is 421 g/mol. The number of sulfonamides is 1. The highest BCUT2D eigenvalue weighted by Crippen LogP contribution is 2.38. The van der Waals surface area contributed by atoms with E-state index in [1.54, 1.807) is 12.1 Å². The van der Waals surface area contributed by atoms with Crippen LogP contribution in [0.5, 0.6) is 0 Å². The lowest BCUT2D eigenvalue weighted by molar-refractivity contribution is -0.150. The number of benzene rings is 2. The Morgan fingerprint density at radius 2 is 1.63 bits per heavy atom. The molecule has 2 aromatic rings. The fourth-order valence-electron chi connectivity index (χ4n) is 2.75. The van der Waals surface area contributed by atoms with Gasteiger partial charge >= 0.3 is 12.1 Å². The molecule has 0 aliphatic rings. The zero-order valence-corrected chi connectivity index (χ0v) is 16.6. The molecule has 162 valence electrons. The molecule has 0 heterocycles. The molecule has 0 aliphatic heterocycles. The summed E-state index contributed by atoms with van der Waals surface area (Å²) in [6.45, 7) is 0. The van der Waals surface area contributed by atoms with Crippen LogP contribution in [0.25, 0.3) is 11.1 Å². The molecule has 2 atom stereocenters. The van der Waals surface area contributed by atoms with Crippen LogP contribution in [0.1, 0.15) is 24.3 Å². The quantitative estimate of drug-likeness (QED) is 0.577. The van der Waals surface area contributed by atoms with Crippen molar-refractivity contribution < 1.29 is 31.5 Å². The summed E-state index contributed by atoms with van der Waals surface area (Å²) in [5, 5.41) is 8.63. The lowest BCUT2D eigenvalue weighted by Gasteiger charge is -2.20. The molecule has 2 aromatic carbocycles. The Balaban J connectivity index is 2.11. The van der Waals surface area contributed by atoms with Crippen molar-refractivity contribution in [2.24, 2.45) is 10.1 Å². The third-order valence-electron chi connectivity index (χ3n) is 4.39. The Morgan fingerprint density at radius 3 is 2.17 bits per heavy atom. The van der Waals surface area contributed by atoms with E-state index in [1.807, 2.05) is 30.3 Å². The largest absolute Gasteiger partial charge is 0.480 e. The molecule has 30 heavy (non-hydrogen) atoms. The SMILES string of the molecule is N[C@@H](CC=NS(=O)(=O)CCC(c1ccc(-c2ccccc2)cc1)C(F)(F)F)C(=O)O. The van der Waals surface area contributed by atoms with E-state index in [1.165, 1.54) is 12.1 Å². The first-order chi connectivity index (χ1) is 14.0. The number of halogens is 3. The second-order valence-electron chi connectivity index (χ2n) is 6.63. The van der Waals surface area contributed by atoms with Crippen molar-refractivity contribution in [3.63, 3.8) is 0 Å². The molecule has 0 fully saturated rings. The first kappa shape index (κ1) is 23.6. The summed E-state index contributed by atoms with van der Waals surface area (Å²) in [6, 6.07) is 13.6. The van der Waals surface area contributed by atoms with E-state index in [4.69, 9.17) is 10.8 Å². The van der Waals surface area contributed by atoms with Gasteiger partial charge in [0.05, 0.1) is 11.7 Å². The lowest BCUT2D eigenvalue weighted by Crippen LogP contribution is -2.30. The highest BCUT2D eigenvalue weighted by atomic mass is 32.2. The van der Waals surface area contributed by atoms with E-state index in [-0.39, 0.29) is 12.0 Å². The van der Waals surface area contributed by atoms with Gasteiger partial charge in [-0.25, -0.2) is 8.42 Å². The van der Waals surface area contributed by atoms with Crippen molar-refractivity contribution in [1.29, 1.82) is 0 Å². The monoisotopic (exact) mass is 442 g/mol. The number of carboxylic acids is 1. The van der Waals surface area contributed by atoms with Gasteiger partial charge in [-0.3, -0.25) is 4.79 Å². The van der Waals surface area contributed by atoms with Crippen LogP contribution >= 0.6 is 0 Å². The number of nitrogens with zero attached hydrogens (tertiary/aromatic N) is 1. The number of aliphatic carboxylic acids is 1. The summed E-state index contributed by atoms with van der Waals surface area (Å²) in [5.41, 5.74) is 6.77. The number of hydrogen-bond donors (Lipinski definition) is 2. The van der Waals surface area contributed by atoms with Crippen LogP contribution in [0.2, 0.25) is 0 Å². The fraction of sp³-hybridized carbons (Fsp3) is 0.300. The zero-order chi connectivity index (χ0) is 22.4. The molecule has 0 aliphatic carbocycles. The molecule has 1 unspecified atom stereocenters. The Hall–Kier alpha value is -2.72. The molecule has 0 spiro atoms. The van der Waals surface area contributed by atoms with E-state index >= 15 is 0 Å². The number of carbonyl (C=O) groups is 1. The summed E-state index contributed by atoms with van der Waals surface area (Å²) in [4.78, 5) is 10.6. The van der Waals surface area contributed by atoms with Gasteiger partial charge in [0.25, 0.3) is 10.0 Å². The van der Waals surface area contributed by atoms with Crippen LogP contribution < -0.4 is 5.73 Å². The van der Waals surface area contributed by atoms with Gasteiger partial charge in [-0.1, -0.05) is 54.6 Å². The molecular formula is C20H21F3N2O4S. The topological polar surface area (TPSA) is 110 Å². The molecule has 0 saturated carbocycles. The maximum absolute atomic E-state index is 13.5. The Kier molecular flexibility index (Phi) is 7.74. The van der Waals surface area contributed by atoms with E-state index in [2.05, 4.69) is 4.40 Å². The highest BCUT2D eigenvalue weighted by molar-refractivity contribution is 7.90. The van der Waals surface area contributed by atoms with E-state index in [0.717, 1.165) is 17.3 Å². The van der Waals surface area contributed by atoms with Gasteiger partial charge in [-0.15, -0.1) is 0 Å². The van der Waals surface area contributed by atoms with E-state index in [9.17, 15) is 26.4 Å². The Bertz CT molecular complexity index is 975. The summed E-state index contributed by atoms with van der Waals surface area (Å²) in [6.07, 6.45) is -4.90. The van der Waals surface area contributed by atoms with Gasteiger partial charge in [-0.05, 0) is 23.1 Å². The predicted molar refractivity (Wildman–Crippen MR) is 108 cm³/mol. The zero-order valence-electron chi connectivity index (χ0n) is 15.8. The van der Waals surface area contributed by atoms with Gasteiger partial charge in [0, 0.05) is 12.6 Å². The van der Waals surface area contributed by atoms with Crippen LogP contribution in [-0.4, -0.2) is 43.7 Å². The van der Waals surface area contributed by atoms with Gasteiger partial charge in [-0.2, -0.15) is 17.6 Å². The fourth-order valence-corrected chi connectivity index (χ4v) is 3.70. The summed E-state index contributed by atoms with van der Waals surface area (Å²) in [7, 11) is -4.20. The normalized spacial score (nSPS) is 14.5. The van der Waals surface area contributed by atoms with Crippen LogP contribution in [0.15, 0.2) is 59.0 Å². The van der Waals surface area contributed by atoms with Crippen molar-refractivity contribution in [3.8, 4) is 11.1 Å². The van der Waals surface area contributed by atoms with Crippen molar-refractivity contribution in [1.82, 2.24) is 0 Å². The molecule has 10 heteroatoms. The average molecular weight is 442 g/mol. The minimum absolute atomic E-state index is 0.0470. The van der Waals surface area contributed by atoms with Gasteiger partial charge in [0.1, 0.15) is 6.04 Å². The van der Waals surface area contributed by atoms with Crippen molar-refractivity contribution >= 4 is 22.2 Å². The van der Waals surface area contributed by atoms with Crippen LogP contribution in [-0.2, 0) is 14.8 Å². The third-order valence-corrected chi connectivity index (χ3v) is 5.61. The number of alkyl halides is 3. The minimum atomic E-state index is -4.64. The Labute approximate surface area is 172 Å². The summed E-state index contributed by atoms with van der Waals surface area (Å²) < 4.78 is 67.7. The Morgan fingerprint density at radius 1 is 1.07 bits per heavy atom. The third kappa shape index (κ3) is 6.96. The lowest BCUT2D eigenvalue weighted by atomic mass is 9.94. The predicted octanol–water partition coefficient (Wildman–Crippen LogP) is 3.59. The molecule has 0 bridgehead atoms. The smallest absolute Gasteiger partial charge is 0.395 e. The molecule has 0 aromatic heterocycles. The van der Waals surface area contributed by atoms with E-state index in [0.29, 0.717) is 0 Å². The number of nitrogens with two attached hydrogens (primary N) is 1. The van der Waals surface area contributed by atoms with Crippen LogP contribution in [0.3, 0.4) is 0 Å². The van der Waals surface area contributed by atoms with Crippen LogP contribution in [0.4, 0.5) is 13.2 Å². The van der Waals surface area contributed by atoms with Gasteiger partial charge < -0.3 is 10.8 Å².